The van der Waals surface area contributed by atoms with Crippen LogP contribution in [0.25, 0.3) is 10.2 Å². The van der Waals surface area contributed by atoms with Crippen molar-refractivity contribution in [2.24, 2.45) is 5.73 Å². The first-order valence-corrected chi connectivity index (χ1v) is 6.69. The van der Waals surface area contributed by atoms with Crippen LogP contribution in [-0.4, -0.2) is 34.0 Å². The topological polar surface area (TPSA) is 134 Å². The summed E-state index contributed by atoms with van der Waals surface area (Å²) in [5.41, 5.74) is 5.66. The molecule has 0 aliphatic rings. The Bertz CT molecular complexity index is 727. The molecule has 2 aromatic rings. The zero-order chi connectivity index (χ0) is 15.6. The number of aromatic carboxylic acids is 1. The van der Waals surface area contributed by atoms with Gasteiger partial charge < -0.3 is 21.5 Å². The van der Waals surface area contributed by atoms with Gasteiger partial charge in [-0.2, -0.15) is 0 Å². The Morgan fingerprint density at radius 2 is 2.10 bits per heavy atom. The molecule has 5 N–H and O–H groups in total. The number of rotatable bonds is 4. The lowest BCUT2D eigenvalue weighted by atomic mass is 10.2. The molecule has 3 amide bonds. The number of amides is 3. The maximum Gasteiger partial charge on any atom is 0.335 e. The van der Waals surface area contributed by atoms with E-state index in [1.54, 1.807) is 6.07 Å². The van der Waals surface area contributed by atoms with Crippen molar-refractivity contribution in [1.82, 2.24) is 10.3 Å². The molecule has 0 saturated heterocycles. The molecule has 0 bridgehead atoms. The molecule has 0 radical (unpaired) electrons. The summed E-state index contributed by atoms with van der Waals surface area (Å²) >= 11 is 1.14. The number of nitrogens with two attached hydrogens (primary N) is 1. The normalized spacial score (nSPS) is 11.9. The first-order chi connectivity index (χ1) is 9.86. The van der Waals surface area contributed by atoms with Crippen LogP contribution < -0.4 is 16.4 Å². The van der Waals surface area contributed by atoms with Crippen LogP contribution in [0.2, 0.25) is 0 Å². The predicted octanol–water partition coefficient (Wildman–Crippen LogP) is 0.990. The zero-order valence-electron chi connectivity index (χ0n) is 10.9. The monoisotopic (exact) mass is 308 g/mol. The number of carbonyl (C=O) groups is 3. The van der Waals surface area contributed by atoms with Crippen molar-refractivity contribution in [1.29, 1.82) is 0 Å². The number of hydrogen-bond acceptors (Lipinski definition) is 5. The van der Waals surface area contributed by atoms with Crippen molar-refractivity contribution in [2.75, 3.05) is 5.32 Å². The molecule has 0 saturated carbocycles. The number of anilines is 1. The van der Waals surface area contributed by atoms with Gasteiger partial charge in [0.2, 0.25) is 5.91 Å². The lowest BCUT2D eigenvalue weighted by molar-refractivity contribution is -0.117. The second-order valence-corrected chi connectivity index (χ2v) is 5.26. The molecule has 0 aliphatic carbocycles. The van der Waals surface area contributed by atoms with E-state index in [9.17, 15) is 14.4 Å². The number of hydrogen-bond donors (Lipinski definition) is 4. The van der Waals surface area contributed by atoms with Gasteiger partial charge in [0.05, 0.1) is 15.8 Å². The highest BCUT2D eigenvalue weighted by Crippen LogP contribution is 2.26. The van der Waals surface area contributed by atoms with Crippen LogP contribution in [0.15, 0.2) is 18.2 Å². The molecule has 9 heteroatoms. The summed E-state index contributed by atoms with van der Waals surface area (Å²) in [6.07, 6.45) is 0. The summed E-state index contributed by atoms with van der Waals surface area (Å²) < 4.78 is 0.640. The van der Waals surface area contributed by atoms with E-state index in [-0.39, 0.29) is 5.56 Å². The van der Waals surface area contributed by atoms with Crippen molar-refractivity contribution < 1.29 is 19.5 Å². The fraction of sp³-hybridized carbons (Fsp3) is 0.167. The summed E-state index contributed by atoms with van der Waals surface area (Å²) in [6, 6.07) is 2.89. The maximum atomic E-state index is 11.8. The smallest absolute Gasteiger partial charge is 0.335 e. The second kappa shape index (κ2) is 5.75. The van der Waals surface area contributed by atoms with E-state index in [1.165, 1.54) is 19.1 Å². The van der Waals surface area contributed by atoms with Gasteiger partial charge in [0.1, 0.15) is 6.04 Å². The Morgan fingerprint density at radius 1 is 1.38 bits per heavy atom. The summed E-state index contributed by atoms with van der Waals surface area (Å²) in [5.74, 6) is -1.50. The highest BCUT2D eigenvalue weighted by atomic mass is 32.1. The molecule has 8 nitrogen and oxygen atoms in total. The highest BCUT2D eigenvalue weighted by Gasteiger charge is 2.16. The Hall–Kier alpha value is -2.68. The van der Waals surface area contributed by atoms with Crippen LogP contribution in [0, 0.1) is 0 Å². The number of carbonyl (C=O) groups excluding carboxylic acids is 2. The van der Waals surface area contributed by atoms with Crippen LogP contribution in [0.1, 0.15) is 17.3 Å². The minimum absolute atomic E-state index is 0.146. The number of nitrogens with one attached hydrogen (secondary N) is 2. The number of fused-ring (bicyclic) bond motifs is 1. The number of urea groups is 1. The molecule has 1 unspecified atom stereocenters. The number of aromatic nitrogens is 1. The van der Waals surface area contributed by atoms with Crippen LogP contribution in [0.4, 0.5) is 9.93 Å². The average Bonchev–Trinajstić information content (AvgIpc) is 2.78. The van der Waals surface area contributed by atoms with Gasteiger partial charge in [-0.05, 0) is 25.1 Å². The summed E-state index contributed by atoms with van der Waals surface area (Å²) in [5, 5.41) is 14.0. The van der Waals surface area contributed by atoms with E-state index in [4.69, 9.17) is 10.8 Å². The molecular weight excluding hydrogens is 296 g/mol. The van der Waals surface area contributed by atoms with E-state index < -0.39 is 23.9 Å². The molecule has 0 aliphatic heterocycles. The van der Waals surface area contributed by atoms with Crippen molar-refractivity contribution in [3.63, 3.8) is 0 Å². The van der Waals surface area contributed by atoms with E-state index >= 15 is 0 Å². The van der Waals surface area contributed by atoms with Crippen LogP contribution in [0.5, 0.6) is 0 Å². The first-order valence-electron chi connectivity index (χ1n) is 5.87. The van der Waals surface area contributed by atoms with E-state index in [0.29, 0.717) is 15.3 Å². The van der Waals surface area contributed by atoms with Crippen molar-refractivity contribution in [2.45, 2.75) is 13.0 Å². The zero-order valence-corrected chi connectivity index (χ0v) is 11.7. The third-order valence-corrected chi connectivity index (χ3v) is 3.55. The molecule has 21 heavy (non-hydrogen) atoms. The third-order valence-electron chi connectivity index (χ3n) is 2.62. The minimum Gasteiger partial charge on any atom is -0.478 e. The number of carboxylic acids is 1. The molecule has 0 fully saturated rings. The molecule has 0 spiro atoms. The minimum atomic E-state index is -1.03. The fourth-order valence-corrected chi connectivity index (χ4v) is 2.51. The fourth-order valence-electron chi connectivity index (χ4n) is 1.60. The number of nitrogens with zero attached hydrogens (tertiary/aromatic N) is 1. The molecule has 2 rings (SSSR count). The van der Waals surface area contributed by atoms with Crippen molar-refractivity contribution >= 4 is 44.6 Å². The van der Waals surface area contributed by atoms with Gasteiger partial charge in [-0.1, -0.05) is 11.3 Å². The molecular formula is C12H12N4O4S. The van der Waals surface area contributed by atoms with E-state index in [2.05, 4.69) is 15.6 Å². The molecule has 1 heterocycles. The van der Waals surface area contributed by atoms with Gasteiger partial charge in [-0.3, -0.25) is 4.79 Å². The number of primary amides is 1. The molecule has 110 valence electrons. The van der Waals surface area contributed by atoms with Crippen LogP contribution in [0.3, 0.4) is 0 Å². The maximum absolute atomic E-state index is 11.8. The SMILES string of the molecule is CC(NC(N)=O)C(=O)Nc1nc2ccc(C(=O)O)cc2s1. The largest absolute Gasteiger partial charge is 0.478 e. The first kappa shape index (κ1) is 14.7. The van der Waals surface area contributed by atoms with Gasteiger partial charge in [-0.15, -0.1) is 0 Å². The molecule has 1 aromatic heterocycles. The standard InChI is InChI=1S/C12H12N4O4S/c1-5(14-11(13)20)9(17)16-12-15-7-3-2-6(10(18)19)4-8(7)21-12/h2-5H,1H3,(H,18,19)(H3,13,14,20)(H,15,16,17). The van der Waals surface area contributed by atoms with Crippen molar-refractivity contribution in [3.05, 3.63) is 23.8 Å². The molecule has 1 atom stereocenters. The summed E-state index contributed by atoms with van der Waals surface area (Å²) in [7, 11) is 0. The van der Waals surface area contributed by atoms with Crippen LogP contribution in [-0.2, 0) is 4.79 Å². The predicted molar refractivity (Wildman–Crippen MR) is 77.4 cm³/mol. The number of thiazole rings is 1. The molecule has 1 aromatic carbocycles. The quantitative estimate of drug-likeness (QED) is 0.668. The van der Waals surface area contributed by atoms with Gasteiger partial charge in [0, 0.05) is 0 Å². The summed E-state index contributed by atoms with van der Waals surface area (Å²) in [6.45, 7) is 1.48. The van der Waals surface area contributed by atoms with Crippen LogP contribution >= 0.6 is 11.3 Å². The third kappa shape index (κ3) is 3.45. The Balaban J connectivity index is 2.17. The number of carboxylic acid groups (broad SMARTS) is 1. The Labute approximate surface area is 123 Å². The van der Waals surface area contributed by atoms with Gasteiger partial charge in [-0.25, -0.2) is 14.6 Å². The highest BCUT2D eigenvalue weighted by molar-refractivity contribution is 7.22. The average molecular weight is 308 g/mol. The van der Waals surface area contributed by atoms with E-state index in [1.807, 2.05) is 0 Å². The number of benzene rings is 1. The lowest BCUT2D eigenvalue weighted by Crippen LogP contribution is -2.44. The van der Waals surface area contributed by atoms with Gasteiger partial charge in [0.25, 0.3) is 0 Å². The van der Waals surface area contributed by atoms with Gasteiger partial charge >= 0.3 is 12.0 Å². The Morgan fingerprint density at radius 3 is 2.71 bits per heavy atom. The second-order valence-electron chi connectivity index (χ2n) is 4.23. The van der Waals surface area contributed by atoms with Crippen molar-refractivity contribution in [3.8, 4) is 0 Å². The van der Waals surface area contributed by atoms with E-state index in [0.717, 1.165) is 11.3 Å². The Kier molecular flexibility index (Phi) is 4.03. The van der Waals surface area contributed by atoms with Gasteiger partial charge in [0.15, 0.2) is 5.13 Å². The summed E-state index contributed by atoms with van der Waals surface area (Å²) in [4.78, 5) is 37.5. The lowest BCUT2D eigenvalue weighted by Gasteiger charge is -2.10.